The van der Waals surface area contributed by atoms with Gasteiger partial charge in [0, 0.05) is 28.5 Å². The van der Waals surface area contributed by atoms with Crippen LogP contribution in [0.1, 0.15) is 19.4 Å². The van der Waals surface area contributed by atoms with Crippen LogP contribution in [0.2, 0.25) is 0 Å². The summed E-state index contributed by atoms with van der Waals surface area (Å²) in [6, 6.07) is 4.26. The van der Waals surface area contributed by atoms with Crippen LogP contribution >= 0.6 is 0 Å². The first-order chi connectivity index (χ1) is 9.23. The number of aryl methyl sites for hydroxylation is 1. The molecule has 0 bridgehead atoms. The summed E-state index contributed by atoms with van der Waals surface area (Å²) < 4.78 is 0. The SMILES string of the molecule is C/C(C(=O)O)=C(\C)C(=O)Nc1ccc(C)c([N+](=O)[O-])c1. The van der Waals surface area contributed by atoms with Gasteiger partial charge in [-0.05, 0) is 26.8 Å². The Hall–Kier alpha value is -2.70. The molecule has 0 saturated carbocycles. The molecule has 7 heteroatoms. The van der Waals surface area contributed by atoms with Crippen molar-refractivity contribution in [2.45, 2.75) is 20.8 Å². The number of hydrogen-bond donors (Lipinski definition) is 2. The van der Waals surface area contributed by atoms with Gasteiger partial charge in [0.1, 0.15) is 0 Å². The predicted octanol–water partition coefficient (Wildman–Crippen LogP) is 2.26. The van der Waals surface area contributed by atoms with Crippen LogP contribution in [0.15, 0.2) is 29.3 Å². The quantitative estimate of drug-likeness (QED) is 0.498. The number of nitrogens with zero attached hydrogens (tertiary/aromatic N) is 1. The minimum absolute atomic E-state index is 0.0423. The van der Waals surface area contributed by atoms with E-state index < -0.39 is 16.8 Å². The number of amides is 1. The molecule has 1 rings (SSSR count). The highest BCUT2D eigenvalue weighted by Gasteiger charge is 2.15. The Morgan fingerprint density at radius 1 is 1.25 bits per heavy atom. The molecule has 0 aliphatic rings. The van der Waals surface area contributed by atoms with Gasteiger partial charge in [-0.15, -0.1) is 0 Å². The van der Waals surface area contributed by atoms with Crippen molar-refractivity contribution in [2.24, 2.45) is 0 Å². The van der Waals surface area contributed by atoms with Crippen molar-refractivity contribution in [3.05, 3.63) is 45.0 Å². The molecule has 0 saturated heterocycles. The highest BCUT2D eigenvalue weighted by atomic mass is 16.6. The van der Waals surface area contributed by atoms with Crippen molar-refractivity contribution in [3.8, 4) is 0 Å². The molecular weight excluding hydrogens is 264 g/mol. The van der Waals surface area contributed by atoms with Gasteiger partial charge in [-0.1, -0.05) is 6.07 Å². The lowest BCUT2D eigenvalue weighted by atomic mass is 10.1. The van der Waals surface area contributed by atoms with Crippen LogP contribution in [0.4, 0.5) is 11.4 Å². The number of rotatable bonds is 4. The van der Waals surface area contributed by atoms with Gasteiger partial charge >= 0.3 is 5.97 Å². The predicted molar refractivity (Wildman–Crippen MR) is 72.5 cm³/mol. The normalized spacial score (nSPS) is 11.6. The number of hydrogen-bond acceptors (Lipinski definition) is 4. The molecule has 20 heavy (non-hydrogen) atoms. The summed E-state index contributed by atoms with van der Waals surface area (Å²) >= 11 is 0. The molecule has 0 aromatic heterocycles. The van der Waals surface area contributed by atoms with Gasteiger partial charge in [0.15, 0.2) is 0 Å². The van der Waals surface area contributed by atoms with Gasteiger partial charge in [-0.3, -0.25) is 14.9 Å². The molecule has 106 valence electrons. The van der Waals surface area contributed by atoms with Crippen LogP contribution in [-0.4, -0.2) is 21.9 Å². The first-order valence-corrected chi connectivity index (χ1v) is 5.71. The Morgan fingerprint density at radius 3 is 2.35 bits per heavy atom. The molecule has 2 N–H and O–H groups in total. The Morgan fingerprint density at radius 2 is 1.85 bits per heavy atom. The average Bonchev–Trinajstić information content (AvgIpc) is 2.38. The van der Waals surface area contributed by atoms with E-state index in [9.17, 15) is 19.7 Å². The smallest absolute Gasteiger partial charge is 0.331 e. The lowest BCUT2D eigenvalue weighted by Gasteiger charge is -2.07. The molecule has 1 amide bonds. The van der Waals surface area contributed by atoms with E-state index in [1.54, 1.807) is 6.92 Å². The van der Waals surface area contributed by atoms with Crippen LogP contribution in [0.3, 0.4) is 0 Å². The summed E-state index contributed by atoms with van der Waals surface area (Å²) in [5.41, 5.74) is 0.566. The highest BCUT2D eigenvalue weighted by molar-refractivity contribution is 6.08. The van der Waals surface area contributed by atoms with Gasteiger partial charge in [0.2, 0.25) is 0 Å². The molecule has 1 aromatic rings. The maximum absolute atomic E-state index is 11.8. The van der Waals surface area contributed by atoms with Crippen molar-refractivity contribution in [3.63, 3.8) is 0 Å². The molecule has 0 spiro atoms. The summed E-state index contributed by atoms with van der Waals surface area (Å²) in [7, 11) is 0. The second-order valence-corrected chi connectivity index (χ2v) is 4.27. The van der Waals surface area contributed by atoms with E-state index in [0.717, 1.165) is 0 Å². The summed E-state index contributed by atoms with van der Waals surface area (Å²) in [6.45, 7) is 4.28. The summed E-state index contributed by atoms with van der Waals surface area (Å²) in [5, 5.41) is 22.0. The standard InChI is InChI=1S/C13H14N2O5/c1-7-4-5-10(6-11(7)15(19)20)14-12(16)8(2)9(3)13(17)18/h4-6H,1-3H3,(H,14,16)(H,17,18)/b9-8-. The number of carboxylic acids is 1. The van der Waals surface area contributed by atoms with E-state index >= 15 is 0 Å². The number of carbonyl (C=O) groups excluding carboxylic acids is 1. The van der Waals surface area contributed by atoms with E-state index in [2.05, 4.69) is 5.32 Å². The van der Waals surface area contributed by atoms with Crippen LogP contribution in [-0.2, 0) is 9.59 Å². The number of aliphatic carboxylic acids is 1. The molecule has 0 aliphatic heterocycles. The van der Waals surface area contributed by atoms with Crippen molar-refractivity contribution in [1.82, 2.24) is 0 Å². The molecule has 0 heterocycles. The van der Waals surface area contributed by atoms with Crippen LogP contribution in [0, 0.1) is 17.0 Å². The largest absolute Gasteiger partial charge is 0.478 e. The van der Waals surface area contributed by atoms with E-state index in [1.165, 1.54) is 32.0 Å². The molecule has 1 aromatic carbocycles. The van der Waals surface area contributed by atoms with Crippen molar-refractivity contribution in [2.75, 3.05) is 5.32 Å². The molecule has 0 atom stereocenters. The fourth-order valence-corrected chi connectivity index (χ4v) is 1.44. The second kappa shape index (κ2) is 5.96. The number of nitro groups is 1. The Bertz CT molecular complexity index is 619. The maximum Gasteiger partial charge on any atom is 0.331 e. The third-order valence-corrected chi connectivity index (χ3v) is 2.89. The number of benzene rings is 1. The van der Waals surface area contributed by atoms with E-state index in [-0.39, 0.29) is 22.5 Å². The van der Waals surface area contributed by atoms with Crippen molar-refractivity contribution >= 4 is 23.3 Å². The van der Waals surface area contributed by atoms with E-state index in [4.69, 9.17) is 5.11 Å². The minimum Gasteiger partial charge on any atom is -0.478 e. The monoisotopic (exact) mass is 278 g/mol. The minimum atomic E-state index is -1.19. The lowest BCUT2D eigenvalue weighted by molar-refractivity contribution is -0.385. The van der Waals surface area contributed by atoms with Crippen LogP contribution in [0.25, 0.3) is 0 Å². The Kier molecular flexibility index (Phi) is 4.58. The number of carboxylic acid groups (broad SMARTS) is 1. The fraction of sp³-hybridized carbons (Fsp3) is 0.231. The molecule has 7 nitrogen and oxygen atoms in total. The maximum atomic E-state index is 11.8. The summed E-state index contributed by atoms with van der Waals surface area (Å²) in [4.78, 5) is 32.8. The van der Waals surface area contributed by atoms with E-state index in [1.807, 2.05) is 0 Å². The number of carbonyl (C=O) groups is 2. The Balaban J connectivity index is 3.03. The molecule has 0 unspecified atom stereocenters. The van der Waals surface area contributed by atoms with Crippen molar-refractivity contribution in [1.29, 1.82) is 0 Å². The number of nitrogens with one attached hydrogen (secondary N) is 1. The second-order valence-electron chi connectivity index (χ2n) is 4.27. The lowest BCUT2D eigenvalue weighted by Crippen LogP contribution is -2.16. The zero-order chi connectivity index (χ0) is 15.4. The molecular formula is C13H14N2O5. The number of anilines is 1. The molecule has 0 aliphatic carbocycles. The summed E-state index contributed by atoms with van der Waals surface area (Å²) in [6.07, 6.45) is 0. The first kappa shape index (κ1) is 15.4. The zero-order valence-electron chi connectivity index (χ0n) is 11.3. The molecule has 0 fully saturated rings. The average molecular weight is 278 g/mol. The molecule has 0 radical (unpaired) electrons. The Labute approximate surface area is 115 Å². The van der Waals surface area contributed by atoms with Gasteiger partial charge < -0.3 is 10.4 Å². The summed E-state index contributed by atoms with van der Waals surface area (Å²) in [5.74, 6) is -1.80. The third-order valence-electron chi connectivity index (χ3n) is 2.89. The van der Waals surface area contributed by atoms with Gasteiger partial charge in [0.25, 0.3) is 11.6 Å². The first-order valence-electron chi connectivity index (χ1n) is 5.71. The fourth-order valence-electron chi connectivity index (χ4n) is 1.44. The highest BCUT2D eigenvalue weighted by Crippen LogP contribution is 2.22. The third kappa shape index (κ3) is 3.41. The van der Waals surface area contributed by atoms with Gasteiger partial charge in [-0.2, -0.15) is 0 Å². The number of nitro benzene ring substituents is 1. The topological polar surface area (TPSA) is 110 Å². The van der Waals surface area contributed by atoms with Crippen LogP contribution < -0.4 is 5.32 Å². The van der Waals surface area contributed by atoms with Crippen molar-refractivity contribution < 1.29 is 19.6 Å². The van der Waals surface area contributed by atoms with Gasteiger partial charge in [-0.25, -0.2) is 4.79 Å². The van der Waals surface area contributed by atoms with E-state index in [0.29, 0.717) is 5.56 Å². The van der Waals surface area contributed by atoms with Crippen LogP contribution in [0.5, 0.6) is 0 Å². The van der Waals surface area contributed by atoms with Gasteiger partial charge in [0.05, 0.1) is 4.92 Å². The zero-order valence-corrected chi connectivity index (χ0v) is 11.3.